The van der Waals surface area contributed by atoms with Crippen LogP contribution >= 0.6 is 0 Å². The number of anilines is 2. The van der Waals surface area contributed by atoms with Crippen molar-refractivity contribution in [3.05, 3.63) is 59.2 Å². The van der Waals surface area contributed by atoms with Crippen LogP contribution in [0.15, 0.2) is 42.5 Å². The minimum absolute atomic E-state index is 0.0534. The van der Waals surface area contributed by atoms with Crippen molar-refractivity contribution in [2.45, 2.75) is 32.4 Å². The second-order valence-corrected chi connectivity index (χ2v) is 9.05. The zero-order valence-electron chi connectivity index (χ0n) is 21.1. The number of benzene rings is 2. The third-order valence-electron chi connectivity index (χ3n) is 6.58. The molecule has 3 N–H and O–H groups in total. The number of carbonyl (C=O) groups excluding carboxylic acids is 5. The molecular weight excluding hydrogens is 474 g/mol. The molecule has 0 aliphatic carbocycles. The lowest BCUT2D eigenvalue weighted by atomic mass is 9.97. The lowest BCUT2D eigenvalue weighted by molar-refractivity contribution is -0.133. The van der Waals surface area contributed by atoms with E-state index in [-0.39, 0.29) is 37.1 Å². The topological polar surface area (TPSA) is 128 Å². The first kappa shape index (κ1) is 27.4. The van der Waals surface area contributed by atoms with Crippen LogP contribution in [-0.4, -0.2) is 73.4 Å². The van der Waals surface area contributed by atoms with Gasteiger partial charge < -0.3 is 30.5 Å². The van der Waals surface area contributed by atoms with Crippen molar-refractivity contribution in [2.24, 2.45) is 5.92 Å². The SMILES string of the molecule is CNC(=O)C(CCC=O)N(C=O)Cc1c(C)cccc1NCC1CN(C(=O)c2ccc(NC=O)cc2)C1. The van der Waals surface area contributed by atoms with Crippen LogP contribution in [0.4, 0.5) is 11.4 Å². The van der Waals surface area contributed by atoms with Gasteiger partial charge in [0, 0.05) is 62.5 Å². The summed E-state index contributed by atoms with van der Waals surface area (Å²) >= 11 is 0. The molecule has 0 aromatic heterocycles. The molecule has 1 aliphatic heterocycles. The monoisotopic (exact) mass is 507 g/mol. The fourth-order valence-electron chi connectivity index (χ4n) is 4.40. The maximum Gasteiger partial charge on any atom is 0.253 e. The molecule has 2 aromatic carbocycles. The first-order chi connectivity index (χ1) is 17.9. The van der Waals surface area contributed by atoms with Gasteiger partial charge in [0.05, 0.1) is 0 Å². The average Bonchev–Trinajstić information content (AvgIpc) is 2.88. The molecule has 37 heavy (non-hydrogen) atoms. The number of nitrogens with zero attached hydrogens (tertiary/aromatic N) is 2. The molecule has 1 heterocycles. The summed E-state index contributed by atoms with van der Waals surface area (Å²) in [4.78, 5) is 61.6. The third-order valence-corrected chi connectivity index (χ3v) is 6.58. The Labute approximate surface area is 216 Å². The number of likely N-dealkylation sites (N-methyl/N-ethyl adjacent to an activating group) is 1. The molecule has 0 radical (unpaired) electrons. The minimum Gasteiger partial charge on any atom is -0.384 e. The van der Waals surface area contributed by atoms with E-state index in [0.717, 1.165) is 23.1 Å². The Morgan fingerprint density at radius 1 is 1.11 bits per heavy atom. The summed E-state index contributed by atoms with van der Waals surface area (Å²) < 4.78 is 0. The van der Waals surface area contributed by atoms with Crippen LogP contribution in [-0.2, 0) is 25.7 Å². The van der Waals surface area contributed by atoms with Crippen molar-refractivity contribution < 1.29 is 24.0 Å². The van der Waals surface area contributed by atoms with Gasteiger partial charge in [-0.15, -0.1) is 0 Å². The number of nitrogens with one attached hydrogen (secondary N) is 3. The van der Waals surface area contributed by atoms with Gasteiger partial charge in [-0.2, -0.15) is 0 Å². The van der Waals surface area contributed by atoms with Crippen LogP contribution in [0.2, 0.25) is 0 Å². The van der Waals surface area contributed by atoms with E-state index < -0.39 is 6.04 Å². The highest BCUT2D eigenvalue weighted by Crippen LogP contribution is 2.25. The van der Waals surface area contributed by atoms with Crippen molar-refractivity contribution in [3.63, 3.8) is 0 Å². The molecule has 0 saturated carbocycles. The van der Waals surface area contributed by atoms with E-state index in [1.54, 1.807) is 29.2 Å². The van der Waals surface area contributed by atoms with Gasteiger partial charge in [-0.3, -0.25) is 19.2 Å². The minimum atomic E-state index is -0.741. The number of hydrogen-bond acceptors (Lipinski definition) is 6. The quantitative estimate of drug-likeness (QED) is 0.335. The maximum atomic E-state index is 12.7. The fraction of sp³-hybridized carbons (Fsp3) is 0.370. The zero-order chi connectivity index (χ0) is 26.8. The lowest BCUT2D eigenvalue weighted by Crippen LogP contribution is -2.52. The molecule has 10 nitrogen and oxygen atoms in total. The molecule has 0 bridgehead atoms. The van der Waals surface area contributed by atoms with Gasteiger partial charge in [0.15, 0.2) is 0 Å². The van der Waals surface area contributed by atoms with Crippen molar-refractivity contribution >= 4 is 42.3 Å². The summed E-state index contributed by atoms with van der Waals surface area (Å²) in [7, 11) is 1.51. The van der Waals surface area contributed by atoms with Crippen LogP contribution in [0.3, 0.4) is 0 Å². The highest BCUT2D eigenvalue weighted by atomic mass is 16.2. The molecule has 0 spiro atoms. The standard InChI is InChI=1S/C27H33N5O5/c1-19-5-3-6-24(23(19)16-32(18-35)25(7-4-12-33)26(36)28-2)29-13-20-14-31(15-20)27(37)21-8-10-22(11-9-21)30-17-34/h3,5-6,8-12,17-18,20,25,29H,4,7,13-16H2,1-2H3,(H,28,36)(H,30,34). The highest BCUT2D eigenvalue weighted by Gasteiger charge is 2.31. The summed E-state index contributed by atoms with van der Waals surface area (Å²) in [6, 6.07) is 11.8. The highest BCUT2D eigenvalue weighted by molar-refractivity contribution is 5.95. The largest absolute Gasteiger partial charge is 0.384 e. The number of carbonyl (C=O) groups is 5. The van der Waals surface area contributed by atoms with E-state index >= 15 is 0 Å². The van der Waals surface area contributed by atoms with E-state index in [9.17, 15) is 24.0 Å². The van der Waals surface area contributed by atoms with E-state index in [0.29, 0.717) is 43.7 Å². The Morgan fingerprint density at radius 3 is 2.46 bits per heavy atom. The number of hydrogen-bond donors (Lipinski definition) is 3. The molecule has 2 aromatic rings. The van der Waals surface area contributed by atoms with Crippen LogP contribution in [0.1, 0.15) is 34.3 Å². The molecule has 1 aliphatic rings. The first-order valence-corrected chi connectivity index (χ1v) is 12.2. The normalized spacial score (nSPS) is 13.6. The van der Waals surface area contributed by atoms with Crippen LogP contribution in [0.25, 0.3) is 0 Å². The predicted molar refractivity (Wildman–Crippen MR) is 140 cm³/mol. The summed E-state index contributed by atoms with van der Waals surface area (Å²) in [5, 5.41) is 8.57. The van der Waals surface area contributed by atoms with Crippen molar-refractivity contribution in [2.75, 3.05) is 37.3 Å². The van der Waals surface area contributed by atoms with Gasteiger partial charge in [0.2, 0.25) is 18.7 Å². The van der Waals surface area contributed by atoms with E-state index in [4.69, 9.17) is 0 Å². The van der Waals surface area contributed by atoms with E-state index in [1.165, 1.54) is 11.9 Å². The van der Waals surface area contributed by atoms with Gasteiger partial charge in [-0.25, -0.2) is 0 Å². The fourth-order valence-corrected chi connectivity index (χ4v) is 4.40. The number of aldehydes is 1. The first-order valence-electron chi connectivity index (χ1n) is 12.2. The van der Waals surface area contributed by atoms with E-state index in [1.807, 2.05) is 25.1 Å². The van der Waals surface area contributed by atoms with Crippen LogP contribution < -0.4 is 16.0 Å². The van der Waals surface area contributed by atoms with Gasteiger partial charge in [0.1, 0.15) is 12.3 Å². The Morgan fingerprint density at radius 2 is 1.84 bits per heavy atom. The van der Waals surface area contributed by atoms with Gasteiger partial charge >= 0.3 is 0 Å². The summed E-state index contributed by atoms with van der Waals surface area (Å²) in [6.07, 6.45) is 2.41. The molecule has 1 unspecified atom stereocenters. The lowest BCUT2D eigenvalue weighted by Gasteiger charge is -2.39. The second kappa shape index (κ2) is 13.2. The Bertz CT molecular complexity index is 1110. The molecule has 196 valence electrons. The van der Waals surface area contributed by atoms with Gasteiger partial charge in [-0.05, 0) is 54.8 Å². The number of amides is 4. The molecular formula is C27H33N5O5. The van der Waals surface area contributed by atoms with Crippen LogP contribution in [0, 0.1) is 12.8 Å². The Balaban J connectivity index is 1.60. The summed E-state index contributed by atoms with van der Waals surface area (Å²) in [5.41, 5.74) is 3.93. The smallest absolute Gasteiger partial charge is 0.253 e. The molecule has 1 atom stereocenters. The maximum absolute atomic E-state index is 12.7. The van der Waals surface area contributed by atoms with Crippen molar-refractivity contribution in [1.29, 1.82) is 0 Å². The molecule has 1 fully saturated rings. The average molecular weight is 508 g/mol. The predicted octanol–water partition coefficient (Wildman–Crippen LogP) is 1.80. The van der Waals surface area contributed by atoms with Crippen LogP contribution in [0.5, 0.6) is 0 Å². The molecule has 3 rings (SSSR count). The zero-order valence-corrected chi connectivity index (χ0v) is 21.1. The second-order valence-electron chi connectivity index (χ2n) is 9.05. The van der Waals surface area contributed by atoms with E-state index in [2.05, 4.69) is 16.0 Å². The van der Waals surface area contributed by atoms with Gasteiger partial charge in [-0.1, -0.05) is 12.1 Å². The molecule has 4 amide bonds. The Kier molecular flexibility index (Phi) is 9.76. The summed E-state index contributed by atoms with van der Waals surface area (Å²) in [5.74, 6) is -0.102. The summed E-state index contributed by atoms with van der Waals surface area (Å²) in [6.45, 7) is 4.05. The third kappa shape index (κ3) is 6.93. The molecule has 10 heteroatoms. The van der Waals surface area contributed by atoms with Gasteiger partial charge in [0.25, 0.3) is 5.91 Å². The Hall–Kier alpha value is -4.21. The number of aryl methyl sites for hydroxylation is 1. The molecule has 1 saturated heterocycles. The van der Waals surface area contributed by atoms with Crippen molar-refractivity contribution in [1.82, 2.24) is 15.1 Å². The van der Waals surface area contributed by atoms with Crippen molar-refractivity contribution in [3.8, 4) is 0 Å². The number of likely N-dealkylation sites (tertiary alicyclic amines) is 1. The number of rotatable bonds is 14.